The molecule has 0 aliphatic carbocycles. The van der Waals surface area contributed by atoms with Gasteiger partial charge in [-0.3, -0.25) is 9.97 Å². The Bertz CT molecular complexity index is 442. The Hall–Kier alpha value is -1.09. The molecule has 2 rings (SSSR count). The van der Waals surface area contributed by atoms with Crippen LogP contribution in [0.15, 0.2) is 30.6 Å². The summed E-state index contributed by atoms with van der Waals surface area (Å²) >= 11 is 1.84. The normalized spacial score (nSPS) is 13.0. The third kappa shape index (κ3) is 1.73. The van der Waals surface area contributed by atoms with Gasteiger partial charge < -0.3 is 0 Å². The topological polar surface area (TPSA) is 25.8 Å². The first-order valence-corrected chi connectivity index (χ1v) is 5.83. The highest BCUT2D eigenvalue weighted by Crippen LogP contribution is 2.26. The minimum atomic E-state index is 0.515. The first-order valence-electron chi connectivity index (χ1n) is 4.54. The van der Waals surface area contributed by atoms with Gasteiger partial charge in [0.25, 0.3) is 0 Å². The van der Waals surface area contributed by atoms with E-state index in [1.165, 1.54) is 5.56 Å². The number of benzene rings is 1. The lowest BCUT2D eigenvalue weighted by Gasteiger charge is -2.08. The standard InChI is InChI=1S/C11H12N2S/c1-8(14-2)9-3-4-10-11(7-9)13-6-5-12-10/h3-8H,1-2H3. The van der Waals surface area contributed by atoms with E-state index in [9.17, 15) is 0 Å². The third-order valence-electron chi connectivity index (χ3n) is 2.32. The van der Waals surface area contributed by atoms with Gasteiger partial charge in [-0.15, -0.1) is 0 Å². The summed E-state index contributed by atoms with van der Waals surface area (Å²) < 4.78 is 0. The molecule has 1 unspecified atom stereocenters. The average molecular weight is 204 g/mol. The Labute approximate surface area is 87.8 Å². The molecule has 0 aliphatic rings. The van der Waals surface area contributed by atoms with Crippen molar-refractivity contribution < 1.29 is 0 Å². The lowest BCUT2D eigenvalue weighted by atomic mass is 10.1. The monoisotopic (exact) mass is 204 g/mol. The predicted octanol–water partition coefficient (Wildman–Crippen LogP) is 3.05. The molecule has 0 fully saturated rings. The summed E-state index contributed by atoms with van der Waals surface area (Å²) in [5.74, 6) is 0. The van der Waals surface area contributed by atoms with Crippen LogP contribution in [0.4, 0.5) is 0 Å². The molecule has 0 bridgehead atoms. The van der Waals surface area contributed by atoms with Crippen LogP contribution in [0.3, 0.4) is 0 Å². The van der Waals surface area contributed by atoms with Crippen molar-refractivity contribution >= 4 is 22.8 Å². The van der Waals surface area contributed by atoms with E-state index in [2.05, 4.69) is 35.3 Å². The van der Waals surface area contributed by atoms with Crippen molar-refractivity contribution in [3.8, 4) is 0 Å². The van der Waals surface area contributed by atoms with Gasteiger partial charge in [0, 0.05) is 17.6 Å². The van der Waals surface area contributed by atoms with Crippen LogP contribution in [0, 0.1) is 0 Å². The second-order valence-electron chi connectivity index (χ2n) is 3.18. The summed E-state index contributed by atoms with van der Waals surface area (Å²) in [5.41, 5.74) is 3.25. The maximum atomic E-state index is 4.29. The van der Waals surface area contributed by atoms with Crippen LogP contribution in [0.1, 0.15) is 17.7 Å². The number of rotatable bonds is 2. The van der Waals surface area contributed by atoms with Gasteiger partial charge in [-0.25, -0.2) is 0 Å². The highest BCUT2D eigenvalue weighted by Gasteiger charge is 2.04. The average Bonchev–Trinajstić information content (AvgIpc) is 2.27. The number of nitrogens with zero attached hydrogens (tertiary/aromatic N) is 2. The molecule has 2 aromatic rings. The largest absolute Gasteiger partial charge is 0.253 e. The molecule has 1 atom stereocenters. The zero-order chi connectivity index (χ0) is 9.97. The van der Waals surface area contributed by atoms with Crippen molar-refractivity contribution in [3.63, 3.8) is 0 Å². The second kappa shape index (κ2) is 3.96. The van der Waals surface area contributed by atoms with Crippen molar-refractivity contribution in [1.82, 2.24) is 9.97 Å². The number of fused-ring (bicyclic) bond motifs is 1. The number of hydrogen-bond donors (Lipinski definition) is 0. The molecular weight excluding hydrogens is 192 g/mol. The van der Waals surface area contributed by atoms with Crippen LogP contribution < -0.4 is 0 Å². The van der Waals surface area contributed by atoms with Gasteiger partial charge in [0.1, 0.15) is 0 Å². The van der Waals surface area contributed by atoms with Crippen LogP contribution in [-0.4, -0.2) is 16.2 Å². The van der Waals surface area contributed by atoms with Crippen molar-refractivity contribution in [2.24, 2.45) is 0 Å². The predicted molar refractivity (Wildman–Crippen MR) is 61.5 cm³/mol. The van der Waals surface area contributed by atoms with Crippen molar-refractivity contribution in [2.45, 2.75) is 12.2 Å². The van der Waals surface area contributed by atoms with Gasteiger partial charge in [0.05, 0.1) is 11.0 Å². The molecule has 0 aliphatic heterocycles. The highest BCUT2D eigenvalue weighted by molar-refractivity contribution is 7.98. The fourth-order valence-electron chi connectivity index (χ4n) is 1.37. The zero-order valence-electron chi connectivity index (χ0n) is 8.27. The van der Waals surface area contributed by atoms with E-state index in [0.29, 0.717) is 5.25 Å². The Morgan fingerprint density at radius 2 is 1.86 bits per heavy atom. The Balaban J connectivity index is 2.51. The maximum Gasteiger partial charge on any atom is 0.0889 e. The van der Waals surface area contributed by atoms with E-state index in [-0.39, 0.29) is 0 Å². The molecule has 2 nitrogen and oxygen atoms in total. The molecule has 0 amide bonds. The lowest BCUT2D eigenvalue weighted by Crippen LogP contribution is -1.89. The fourth-order valence-corrected chi connectivity index (χ4v) is 1.79. The molecular formula is C11H12N2S. The molecule has 0 N–H and O–H groups in total. The van der Waals surface area contributed by atoms with Crippen molar-refractivity contribution in [3.05, 3.63) is 36.2 Å². The SMILES string of the molecule is CSC(C)c1ccc2nccnc2c1. The van der Waals surface area contributed by atoms with E-state index in [4.69, 9.17) is 0 Å². The molecule has 3 heteroatoms. The molecule has 0 saturated carbocycles. The summed E-state index contributed by atoms with van der Waals surface area (Å²) in [4.78, 5) is 8.52. The summed E-state index contributed by atoms with van der Waals surface area (Å²) in [5, 5.41) is 0.515. The Morgan fingerprint density at radius 3 is 2.57 bits per heavy atom. The number of aromatic nitrogens is 2. The molecule has 0 saturated heterocycles. The van der Waals surface area contributed by atoms with Crippen molar-refractivity contribution in [1.29, 1.82) is 0 Å². The second-order valence-corrected chi connectivity index (χ2v) is 4.36. The summed E-state index contributed by atoms with van der Waals surface area (Å²) in [7, 11) is 0. The van der Waals surface area contributed by atoms with Crippen LogP contribution in [0.25, 0.3) is 11.0 Å². The van der Waals surface area contributed by atoms with Gasteiger partial charge in [0.15, 0.2) is 0 Å². The fraction of sp³-hybridized carbons (Fsp3) is 0.273. The van der Waals surface area contributed by atoms with Gasteiger partial charge >= 0.3 is 0 Å². The minimum Gasteiger partial charge on any atom is -0.253 e. The molecule has 14 heavy (non-hydrogen) atoms. The van der Waals surface area contributed by atoms with Gasteiger partial charge in [-0.2, -0.15) is 11.8 Å². The van der Waals surface area contributed by atoms with Gasteiger partial charge in [-0.1, -0.05) is 6.07 Å². The number of thioether (sulfide) groups is 1. The van der Waals surface area contributed by atoms with E-state index in [0.717, 1.165) is 11.0 Å². The lowest BCUT2D eigenvalue weighted by molar-refractivity contribution is 1.10. The Kier molecular flexibility index (Phi) is 2.68. The van der Waals surface area contributed by atoms with E-state index in [1.807, 2.05) is 17.8 Å². The minimum absolute atomic E-state index is 0.515. The molecule has 0 radical (unpaired) electrons. The Morgan fingerprint density at radius 1 is 1.14 bits per heavy atom. The summed E-state index contributed by atoms with van der Waals surface area (Å²) in [6.45, 7) is 2.20. The van der Waals surface area contributed by atoms with Crippen LogP contribution in [0.2, 0.25) is 0 Å². The smallest absolute Gasteiger partial charge is 0.0889 e. The third-order valence-corrected chi connectivity index (χ3v) is 3.30. The first-order chi connectivity index (χ1) is 6.81. The van der Waals surface area contributed by atoms with Crippen molar-refractivity contribution in [2.75, 3.05) is 6.26 Å². The molecule has 1 aromatic carbocycles. The molecule has 72 valence electrons. The van der Waals surface area contributed by atoms with E-state index >= 15 is 0 Å². The summed E-state index contributed by atoms with van der Waals surface area (Å²) in [6.07, 6.45) is 5.57. The first kappa shape index (κ1) is 9.46. The van der Waals surface area contributed by atoms with Crippen LogP contribution in [0.5, 0.6) is 0 Å². The number of hydrogen-bond acceptors (Lipinski definition) is 3. The highest BCUT2D eigenvalue weighted by atomic mass is 32.2. The molecule has 1 aromatic heterocycles. The molecule has 1 heterocycles. The quantitative estimate of drug-likeness (QED) is 0.752. The van der Waals surface area contributed by atoms with Gasteiger partial charge in [-0.05, 0) is 30.9 Å². The van der Waals surface area contributed by atoms with Crippen LogP contribution >= 0.6 is 11.8 Å². The maximum absolute atomic E-state index is 4.29. The zero-order valence-corrected chi connectivity index (χ0v) is 9.08. The van der Waals surface area contributed by atoms with E-state index < -0.39 is 0 Å². The van der Waals surface area contributed by atoms with Crippen LogP contribution in [-0.2, 0) is 0 Å². The summed E-state index contributed by atoms with van der Waals surface area (Å²) in [6, 6.07) is 6.27. The van der Waals surface area contributed by atoms with Gasteiger partial charge in [0.2, 0.25) is 0 Å². The molecule has 0 spiro atoms. The van der Waals surface area contributed by atoms with E-state index in [1.54, 1.807) is 12.4 Å².